The fourth-order valence-electron chi connectivity index (χ4n) is 4.27. The molecule has 2 nitrogen and oxygen atoms in total. The van der Waals surface area contributed by atoms with E-state index in [1.54, 1.807) is 0 Å². The van der Waals surface area contributed by atoms with Gasteiger partial charge in [-0.15, -0.1) is 12.4 Å². The van der Waals surface area contributed by atoms with Gasteiger partial charge in [-0.3, -0.25) is 0 Å². The Morgan fingerprint density at radius 2 is 1.89 bits per heavy atom. The van der Waals surface area contributed by atoms with Crippen LogP contribution in [0.1, 0.15) is 51.9 Å². The van der Waals surface area contributed by atoms with Crippen molar-refractivity contribution in [1.29, 1.82) is 0 Å². The van der Waals surface area contributed by atoms with Crippen LogP contribution in [-0.4, -0.2) is 36.6 Å². The Morgan fingerprint density at radius 3 is 2.72 bits per heavy atom. The van der Waals surface area contributed by atoms with Crippen LogP contribution in [-0.2, 0) is 0 Å². The molecule has 3 heteroatoms. The number of likely N-dealkylation sites (tertiary alicyclic amines) is 1. The van der Waals surface area contributed by atoms with Crippen molar-refractivity contribution in [3.63, 3.8) is 0 Å². The molecule has 3 fully saturated rings. The summed E-state index contributed by atoms with van der Waals surface area (Å²) < 4.78 is 0. The van der Waals surface area contributed by atoms with Gasteiger partial charge >= 0.3 is 0 Å². The molecule has 0 aromatic rings. The number of halogens is 1. The summed E-state index contributed by atoms with van der Waals surface area (Å²) in [6, 6.07) is 1.65. The quantitative estimate of drug-likeness (QED) is 0.831. The molecule has 0 spiro atoms. The summed E-state index contributed by atoms with van der Waals surface area (Å²) in [6.45, 7) is 6.49. The summed E-state index contributed by atoms with van der Waals surface area (Å²) in [4.78, 5) is 2.76. The van der Waals surface area contributed by atoms with Crippen molar-refractivity contribution in [3.05, 3.63) is 0 Å². The molecule has 106 valence electrons. The zero-order valence-electron chi connectivity index (χ0n) is 11.7. The maximum atomic E-state index is 3.79. The number of hydrogen-bond donors (Lipinski definition) is 1. The van der Waals surface area contributed by atoms with Crippen LogP contribution in [0.5, 0.6) is 0 Å². The topological polar surface area (TPSA) is 15.3 Å². The van der Waals surface area contributed by atoms with E-state index in [-0.39, 0.29) is 12.4 Å². The van der Waals surface area contributed by atoms with Gasteiger partial charge in [0.1, 0.15) is 0 Å². The Labute approximate surface area is 118 Å². The molecule has 0 radical (unpaired) electrons. The Bertz CT molecular complexity index is 259. The van der Waals surface area contributed by atoms with Crippen LogP contribution in [0.3, 0.4) is 0 Å². The first-order chi connectivity index (χ1) is 8.29. The molecule has 2 bridgehead atoms. The van der Waals surface area contributed by atoms with Crippen LogP contribution >= 0.6 is 12.4 Å². The maximum absolute atomic E-state index is 3.79. The zero-order valence-corrected chi connectivity index (χ0v) is 12.6. The number of rotatable bonds is 2. The van der Waals surface area contributed by atoms with Gasteiger partial charge in [0.25, 0.3) is 0 Å². The Morgan fingerprint density at radius 1 is 1.06 bits per heavy atom. The second-order valence-electron chi connectivity index (χ2n) is 6.82. The molecule has 2 aliphatic heterocycles. The van der Waals surface area contributed by atoms with Gasteiger partial charge in [0.15, 0.2) is 0 Å². The van der Waals surface area contributed by atoms with Gasteiger partial charge in [0.05, 0.1) is 0 Å². The molecule has 18 heavy (non-hydrogen) atoms. The van der Waals surface area contributed by atoms with Crippen LogP contribution in [0, 0.1) is 11.8 Å². The van der Waals surface area contributed by atoms with E-state index >= 15 is 0 Å². The molecular weight excluding hydrogens is 244 g/mol. The molecule has 0 aromatic heterocycles. The van der Waals surface area contributed by atoms with Crippen LogP contribution in [0.2, 0.25) is 0 Å². The van der Waals surface area contributed by atoms with Crippen molar-refractivity contribution in [2.24, 2.45) is 11.8 Å². The second kappa shape index (κ2) is 6.58. The molecule has 1 N–H and O–H groups in total. The Balaban J connectivity index is 0.00000120. The van der Waals surface area contributed by atoms with E-state index in [9.17, 15) is 0 Å². The maximum Gasteiger partial charge on any atom is 0.0198 e. The largest absolute Gasteiger partial charge is 0.310 e. The Hall–Kier alpha value is 0.210. The molecule has 3 aliphatic rings. The molecule has 0 amide bonds. The molecule has 4 unspecified atom stereocenters. The minimum Gasteiger partial charge on any atom is -0.310 e. The minimum absolute atomic E-state index is 0. The molecule has 3 rings (SSSR count). The number of hydrogen-bond acceptors (Lipinski definition) is 2. The Kier molecular flexibility index (Phi) is 5.35. The van der Waals surface area contributed by atoms with Crippen LogP contribution < -0.4 is 5.32 Å². The van der Waals surface area contributed by atoms with Crippen LogP contribution in [0.4, 0.5) is 0 Å². The second-order valence-corrected chi connectivity index (χ2v) is 6.82. The predicted octanol–water partition coefficient (Wildman–Crippen LogP) is 3.06. The summed E-state index contributed by atoms with van der Waals surface area (Å²) >= 11 is 0. The smallest absolute Gasteiger partial charge is 0.0198 e. The van der Waals surface area contributed by atoms with E-state index in [0.717, 1.165) is 23.9 Å². The van der Waals surface area contributed by atoms with Crippen molar-refractivity contribution in [2.45, 2.75) is 64.0 Å². The summed E-state index contributed by atoms with van der Waals surface area (Å²) in [6.07, 6.45) is 10.2. The summed E-state index contributed by atoms with van der Waals surface area (Å²) in [5.74, 6) is 1.98. The van der Waals surface area contributed by atoms with Crippen molar-refractivity contribution in [3.8, 4) is 0 Å². The third-order valence-electron chi connectivity index (χ3n) is 5.17. The van der Waals surface area contributed by atoms with Crippen LogP contribution in [0.15, 0.2) is 0 Å². The fraction of sp³-hybridized carbons (Fsp3) is 1.00. The minimum atomic E-state index is 0. The van der Waals surface area contributed by atoms with Gasteiger partial charge in [-0.25, -0.2) is 0 Å². The van der Waals surface area contributed by atoms with Crippen molar-refractivity contribution in [2.75, 3.05) is 19.6 Å². The molecule has 0 aromatic carbocycles. The lowest BCUT2D eigenvalue weighted by atomic mass is 9.82. The van der Waals surface area contributed by atoms with E-state index in [4.69, 9.17) is 0 Å². The number of nitrogens with zero attached hydrogens (tertiary/aromatic N) is 1. The normalized spacial score (nSPS) is 41.2. The first-order valence-electron chi connectivity index (χ1n) is 7.78. The molecule has 2 heterocycles. The highest BCUT2D eigenvalue weighted by Gasteiger charge is 2.30. The van der Waals surface area contributed by atoms with Gasteiger partial charge in [0.2, 0.25) is 0 Å². The lowest BCUT2D eigenvalue weighted by molar-refractivity contribution is 0.173. The van der Waals surface area contributed by atoms with E-state index in [2.05, 4.69) is 17.1 Å². The van der Waals surface area contributed by atoms with Gasteiger partial charge in [-0.1, -0.05) is 19.8 Å². The highest BCUT2D eigenvalue weighted by atomic mass is 35.5. The molecule has 1 aliphatic carbocycles. The third-order valence-corrected chi connectivity index (χ3v) is 5.17. The van der Waals surface area contributed by atoms with E-state index in [0.29, 0.717) is 0 Å². The first kappa shape index (κ1) is 14.6. The monoisotopic (exact) mass is 272 g/mol. The summed E-state index contributed by atoms with van der Waals surface area (Å²) in [7, 11) is 0. The average Bonchev–Trinajstić information content (AvgIpc) is 2.63. The highest BCUT2D eigenvalue weighted by Crippen LogP contribution is 2.30. The standard InChI is InChI=1S/C15H28N2.ClH/c1-12-3-2-4-13(9-12)10-17-8-7-14-5-6-15(11-17)16-14;/h12-16H,2-11H2,1H3;1H. The van der Waals surface area contributed by atoms with E-state index in [1.165, 1.54) is 64.6 Å². The lowest BCUT2D eigenvalue weighted by Crippen LogP contribution is -2.38. The fourth-order valence-corrected chi connectivity index (χ4v) is 4.27. The van der Waals surface area contributed by atoms with Crippen LogP contribution in [0.25, 0.3) is 0 Å². The molecule has 2 saturated heterocycles. The van der Waals surface area contributed by atoms with Crippen molar-refractivity contribution < 1.29 is 0 Å². The average molecular weight is 273 g/mol. The van der Waals surface area contributed by atoms with E-state index in [1.807, 2.05) is 0 Å². The van der Waals surface area contributed by atoms with Gasteiger partial charge in [-0.2, -0.15) is 0 Å². The highest BCUT2D eigenvalue weighted by molar-refractivity contribution is 5.85. The first-order valence-corrected chi connectivity index (χ1v) is 7.78. The third kappa shape index (κ3) is 3.61. The SMILES string of the molecule is CC1CCCC(CN2CCC3CCC(C2)N3)C1.Cl. The molecular formula is C15H29ClN2. The van der Waals surface area contributed by atoms with Gasteiger partial charge in [-0.05, 0) is 50.5 Å². The predicted molar refractivity (Wildman–Crippen MR) is 79.4 cm³/mol. The number of nitrogens with one attached hydrogen (secondary N) is 1. The van der Waals surface area contributed by atoms with Crippen molar-refractivity contribution in [1.82, 2.24) is 10.2 Å². The number of fused-ring (bicyclic) bond motifs is 2. The van der Waals surface area contributed by atoms with E-state index < -0.39 is 0 Å². The van der Waals surface area contributed by atoms with Gasteiger partial charge in [0, 0.05) is 25.2 Å². The lowest BCUT2D eigenvalue weighted by Gasteiger charge is -2.32. The molecule has 4 atom stereocenters. The van der Waals surface area contributed by atoms with Crippen molar-refractivity contribution >= 4 is 12.4 Å². The van der Waals surface area contributed by atoms with Gasteiger partial charge < -0.3 is 10.2 Å². The zero-order chi connectivity index (χ0) is 11.7. The summed E-state index contributed by atoms with van der Waals surface area (Å²) in [5.41, 5.74) is 0. The molecule has 1 saturated carbocycles. The summed E-state index contributed by atoms with van der Waals surface area (Å²) in [5, 5.41) is 3.79.